The third kappa shape index (κ3) is 1.66. The maximum atomic E-state index is 12.5. The van der Waals surface area contributed by atoms with Gasteiger partial charge in [-0.3, -0.25) is 14.5 Å². The molecule has 2 aliphatic rings. The summed E-state index contributed by atoms with van der Waals surface area (Å²) in [5, 5.41) is 11.5. The van der Waals surface area contributed by atoms with Gasteiger partial charge in [-0.2, -0.15) is 0 Å². The summed E-state index contributed by atoms with van der Waals surface area (Å²) in [4.78, 5) is 35.9. The molecule has 104 valence electrons. The number of carboxylic acid groups (broad SMARTS) is 1. The number of rotatable bonds is 2. The molecule has 1 heterocycles. The van der Waals surface area contributed by atoms with E-state index in [1.807, 2.05) is 6.07 Å². The highest BCUT2D eigenvalue weighted by Gasteiger charge is 2.55. The molecule has 0 radical (unpaired) electrons. The molecule has 1 unspecified atom stereocenters. The van der Waals surface area contributed by atoms with Crippen LogP contribution in [0.25, 0.3) is 0 Å². The lowest BCUT2D eigenvalue weighted by atomic mass is 9.92. The van der Waals surface area contributed by atoms with Gasteiger partial charge in [0.05, 0.1) is 0 Å². The number of hydrogen-bond donors (Lipinski definition) is 2. The summed E-state index contributed by atoms with van der Waals surface area (Å²) in [7, 11) is 0. The average Bonchev–Trinajstić information content (AvgIpc) is 2.86. The van der Waals surface area contributed by atoms with E-state index < -0.39 is 30.0 Å². The smallest absolute Gasteiger partial charge is 0.325 e. The van der Waals surface area contributed by atoms with E-state index >= 15 is 0 Å². The van der Waals surface area contributed by atoms with E-state index in [2.05, 4.69) is 21.2 Å². The number of nitrogens with zero attached hydrogens (tertiary/aromatic N) is 1. The quantitative estimate of drug-likeness (QED) is 0.794. The summed E-state index contributed by atoms with van der Waals surface area (Å²) >= 11 is 3.44. The van der Waals surface area contributed by atoms with Crippen LogP contribution >= 0.6 is 15.9 Å². The van der Waals surface area contributed by atoms with E-state index in [1.54, 1.807) is 12.1 Å². The zero-order chi connectivity index (χ0) is 14.5. The molecule has 1 atom stereocenters. The number of amides is 3. The van der Waals surface area contributed by atoms with E-state index in [4.69, 9.17) is 5.11 Å². The summed E-state index contributed by atoms with van der Waals surface area (Å²) in [5.74, 6) is -1.69. The number of carbonyl (C=O) groups excluding carboxylic acids is 2. The molecular formula is C13H11BrN2O4. The lowest BCUT2D eigenvalue weighted by molar-refractivity contribution is -0.142. The number of carbonyl (C=O) groups is 3. The van der Waals surface area contributed by atoms with Crippen LogP contribution in [0.5, 0.6) is 0 Å². The number of nitrogens with one attached hydrogen (secondary N) is 1. The molecular weight excluding hydrogens is 328 g/mol. The lowest BCUT2D eigenvalue weighted by Gasteiger charge is -2.22. The van der Waals surface area contributed by atoms with Crippen LogP contribution in [0, 0.1) is 0 Å². The number of hydrogen-bond acceptors (Lipinski definition) is 3. The Bertz CT molecular complexity index is 645. The average molecular weight is 339 g/mol. The van der Waals surface area contributed by atoms with Gasteiger partial charge in [0.2, 0.25) is 0 Å². The van der Waals surface area contributed by atoms with Crippen molar-refractivity contribution in [3.63, 3.8) is 0 Å². The minimum absolute atomic E-state index is 0.450. The largest absolute Gasteiger partial charge is 0.480 e. The molecule has 1 aromatic carbocycles. The normalized spacial score (nSPS) is 24.1. The van der Waals surface area contributed by atoms with Crippen molar-refractivity contribution in [1.82, 2.24) is 10.2 Å². The molecule has 2 N–H and O–H groups in total. The Morgan fingerprint density at radius 2 is 2.20 bits per heavy atom. The molecule has 20 heavy (non-hydrogen) atoms. The topological polar surface area (TPSA) is 86.7 Å². The van der Waals surface area contributed by atoms with Crippen molar-refractivity contribution in [2.24, 2.45) is 0 Å². The van der Waals surface area contributed by atoms with E-state index in [9.17, 15) is 14.4 Å². The highest BCUT2D eigenvalue weighted by Crippen LogP contribution is 2.43. The predicted molar refractivity (Wildman–Crippen MR) is 72.0 cm³/mol. The molecule has 6 nitrogen and oxygen atoms in total. The van der Waals surface area contributed by atoms with Gasteiger partial charge < -0.3 is 10.4 Å². The fourth-order valence-electron chi connectivity index (χ4n) is 2.92. The van der Waals surface area contributed by atoms with Crippen molar-refractivity contribution in [3.05, 3.63) is 33.8 Å². The van der Waals surface area contributed by atoms with Crippen molar-refractivity contribution >= 4 is 33.8 Å². The maximum absolute atomic E-state index is 12.5. The number of halogens is 1. The third-order valence-electron chi connectivity index (χ3n) is 3.80. The maximum Gasteiger partial charge on any atom is 0.325 e. The van der Waals surface area contributed by atoms with Crippen LogP contribution in [0.1, 0.15) is 17.5 Å². The second-order valence-corrected chi connectivity index (χ2v) is 5.74. The van der Waals surface area contributed by atoms with Crippen LogP contribution in [0.2, 0.25) is 0 Å². The Hall–Kier alpha value is -1.89. The zero-order valence-electron chi connectivity index (χ0n) is 10.4. The minimum atomic E-state index is -1.21. The summed E-state index contributed by atoms with van der Waals surface area (Å²) in [6.45, 7) is -0.615. The number of fused-ring (bicyclic) bond motifs is 2. The molecule has 1 spiro atoms. The fraction of sp³-hybridized carbons (Fsp3) is 0.308. The van der Waals surface area contributed by atoms with Gasteiger partial charge in [0.1, 0.15) is 12.1 Å². The molecule has 1 aliphatic carbocycles. The van der Waals surface area contributed by atoms with E-state index in [-0.39, 0.29) is 0 Å². The molecule has 7 heteroatoms. The Balaban J connectivity index is 2.05. The standard InChI is InChI=1S/C13H11BrN2O4/c14-9-3-1-2-8-7(9)4-5-13(8)11(19)16(6-10(17)18)12(20)15-13/h1-3H,4-6H2,(H,15,20)(H,17,18). The highest BCUT2D eigenvalue weighted by molar-refractivity contribution is 9.10. The number of urea groups is 1. The SMILES string of the molecule is O=C(O)CN1C(=O)NC2(CCc3c(Br)cccc32)C1=O. The molecule has 1 saturated heterocycles. The van der Waals surface area contributed by atoms with Gasteiger partial charge in [-0.15, -0.1) is 0 Å². The van der Waals surface area contributed by atoms with Gasteiger partial charge in [0, 0.05) is 4.47 Å². The zero-order valence-corrected chi connectivity index (χ0v) is 11.9. The second kappa shape index (κ2) is 4.31. The van der Waals surface area contributed by atoms with Gasteiger partial charge in [-0.25, -0.2) is 4.79 Å². The number of aliphatic carboxylic acids is 1. The Kier molecular flexibility index (Phi) is 2.82. The Labute approximate surface area is 122 Å². The predicted octanol–water partition coefficient (Wildman–Crippen LogP) is 1.23. The van der Waals surface area contributed by atoms with E-state index in [0.29, 0.717) is 12.8 Å². The van der Waals surface area contributed by atoms with Crippen molar-refractivity contribution in [1.29, 1.82) is 0 Å². The van der Waals surface area contributed by atoms with E-state index in [0.717, 1.165) is 20.5 Å². The van der Waals surface area contributed by atoms with Gasteiger partial charge >= 0.3 is 12.0 Å². The van der Waals surface area contributed by atoms with Crippen LogP contribution in [-0.2, 0) is 21.5 Å². The first-order valence-electron chi connectivity index (χ1n) is 6.09. The van der Waals surface area contributed by atoms with Crippen LogP contribution in [-0.4, -0.2) is 34.5 Å². The summed E-state index contributed by atoms with van der Waals surface area (Å²) in [5.41, 5.74) is 0.627. The first kappa shape index (κ1) is 13.1. The van der Waals surface area contributed by atoms with Crippen molar-refractivity contribution < 1.29 is 19.5 Å². The van der Waals surface area contributed by atoms with Gasteiger partial charge in [-0.05, 0) is 30.0 Å². The molecule has 3 rings (SSSR count). The molecule has 0 bridgehead atoms. The molecule has 1 aliphatic heterocycles. The van der Waals surface area contributed by atoms with E-state index in [1.165, 1.54) is 0 Å². The van der Waals surface area contributed by atoms with Gasteiger partial charge in [0.15, 0.2) is 0 Å². The fourth-order valence-corrected chi connectivity index (χ4v) is 3.48. The lowest BCUT2D eigenvalue weighted by Crippen LogP contribution is -2.42. The molecule has 3 amide bonds. The van der Waals surface area contributed by atoms with Crippen molar-refractivity contribution in [3.8, 4) is 0 Å². The second-order valence-electron chi connectivity index (χ2n) is 4.89. The van der Waals surface area contributed by atoms with Crippen LogP contribution in [0.3, 0.4) is 0 Å². The first-order chi connectivity index (χ1) is 9.45. The summed E-state index contributed by atoms with van der Waals surface area (Å²) in [6, 6.07) is 4.84. The van der Waals surface area contributed by atoms with Crippen molar-refractivity contribution in [2.75, 3.05) is 6.54 Å². The number of imide groups is 1. The molecule has 0 aromatic heterocycles. The van der Waals surface area contributed by atoms with Gasteiger partial charge in [0.25, 0.3) is 5.91 Å². The highest BCUT2D eigenvalue weighted by atomic mass is 79.9. The minimum Gasteiger partial charge on any atom is -0.480 e. The number of benzene rings is 1. The first-order valence-corrected chi connectivity index (χ1v) is 6.89. The Morgan fingerprint density at radius 1 is 1.45 bits per heavy atom. The van der Waals surface area contributed by atoms with Crippen LogP contribution in [0.15, 0.2) is 22.7 Å². The monoisotopic (exact) mass is 338 g/mol. The molecule has 1 aromatic rings. The van der Waals surface area contributed by atoms with Crippen LogP contribution < -0.4 is 5.32 Å². The summed E-state index contributed by atoms with van der Waals surface area (Å²) < 4.78 is 0.894. The van der Waals surface area contributed by atoms with Gasteiger partial charge in [-0.1, -0.05) is 28.1 Å². The van der Waals surface area contributed by atoms with Crippen LogP contribution in [0.4, 0.5) is 4.79 Å². The molecule has 1 fully saturated rings. The Morgan fingerprint density at radius 3 is 2.90 bits per heavy atom. The molecule has 0 saturated carbocycles. The summed E-state index contributed by atoms with van der Waals surface area (Å²) in [6.07, 6.45) is 1.11. The van der Waals surface area contributed by atoms with Crippen molar-refractivity contribution in [2.45, 2.75) is 18.4 Å². The number of carboxylic acids is 1. The third-order valence-corrected chi connectivity index (χ3v) is 4.54.